The third kappa shape index (κ3) is 3.69. The molecule has 7 heteroatoms. The molecule has 126 valence electrons. The molecule has 0 bridgehead atoms. The third-order valence-electron chi connectivity index (χ3n) is 4.18. The van der Waals surface area contributed by atoms with Gasteiger partial charge in [-0.1, -0.05) is 18.2 Å². The number of likely N-dealkylation sites (tertiary alicyclic amines) is 1. The predicted molar refractivity (Wildman–Crippen MR) is 88.9 cm³/mol. The zero-order valence-corrected chi connectivity index (χ0v) is 13.2. The predicted octanol–water partition coefficient (Wildman–Crippen LogP) is 1.04. The van der Waals surface area contributed by atoms with E-state index >= 15 is 0 Å². The second-order valence-corrected chi connectivity index (χ2v) is 5.83. The average Bonchev–Trinajstić information content (AvgIpc) is 2.62. The second-order valence-electron chi connectivity index (χ2n) is 5.83. The molecule has 7 nitrogen and oxygen atoms in total. The van der Waals surface area contributed by atoms with E-state index < -0.39 is 6.10 Å². The van der Waals surface area contributed by atoms with Crippen LogP contribution >= 0.6 is 0 Å². The Morgan fingerprint density at radius 3 is 2.79 bits per heavy atom. The number of anilines is 2. The number of nitrogens with one attached hydrogen (secondary N) is 1. The Morgan fingerprint density at radius 1 is 1.29 bits per heavy atom. The number of hydrogen-bond donors (Lipinski definition) is 3. The highest BCUT2D eigenvalue weighted by atomic mass is 16.3. The van der Waals surface area contributed by atoms with E-state index in [0.29, 0.717) is 18.8 Å². The van der Waals surface area contributed by atoms with Gasteiger partial charge in [0.25, 0.3) is 5.91 Å². The molecule has 2 atom stereocenters. The Bertz CT molecular complexity index is 695. The lowest BCUT2D eigenvalue weighted by atomic mass is 9.94. The van der Waals surface area contributed by atoms with Crippen LogP contribution in [-0.4, -0.2) is 56.8 Å². The number of aliphatic hydroxyl groups is 2. The molecule has 0 radical (unpaired) electrons. The number of carbonyl (C=O) groups is 1. The summed E-state index contributed by atoms with van der Waals surface area (Å²) in [6.45, 7) is 0.629. The van der Waals surface area contributed by atoms with Crippen molar-refractivity contribution in [3.63, 3.8) is 0 Å². The number of hydrogen-bond acceptors (Lipinski definition) is 6. The fourth-order valence-electron chi connectivity index (χ4n) is 2.75. The highest BCUT2D eigenvalue weighted by Gasteiger charge is 2.30. The largest absolute Gasteiger partial charge is 0.396 e. The molecule has 2 heterocycles. The summed E-state index contributed by atoms with van der Waals surface area (Å²) in [5.41, 5.74) is 1.15. The SMILES string of the molecule is O=C(c1cc(Nc2ccccc2)ncn1)N1CCC(CO)C(O)C1. The number of aromatic nitrogens is 2. The van der Waals surface area contributed by atoms with Gasteiger partial charge in [-0.3, -0.25) is 4.79 Å². The van der Waals surface area contributed by atoms with Crippen LogP contribution in [0.2, 0.25) is 0 Å². The van der Waals surface area contributed by atoms with Crippen LogP contribution in [0, 0.1) is 5.92 Å². The van der Waals surface area contributed by atoms with Gasteiger partial charge in [-0.25, -0.2) is 9.97 Å². The number of amides is 1. The van der Waals surface area contributed by atoms with Gasteiger partial charge >= 0.3 is 0 Å². The highest BCUT2D eigenvalue weighted by molar-refractivity contribution is 5.93. The molecule has 24 heavy (non-hydrogen) atoms. The molecule has 1 fully saturated rings. The van der Waals surface area contributed by atoms with Crippen molar-refractivity contribution in [2.45, 2.75) is 12.5 Å². The lowest BCUT2D eigenvalue weighted by Crippen LogP contribution is -2.47. The van der Waals surface area contributed by atoms with Crippen molar-refractivity contribution in [2.24, 2.45) is 5.92 Å². The van der Waals surface area contributed by atoms with Crippen LogP contribution in [0.3, 0.4) is 0 Å². The first-order valence-electron chi connectivity index (χ1n) is 7.89. The molecule has 2 aromatic rings. The van der Waals surface area contributed by atoms with Crippen molar-refractivity contribution in [2.75, 3.05) is 25.0 Å². The molecule has 1 amide bonds. The molecule has 2 unspecified atom stereocenters. The smallest absolute Gasteiger partial charge is 0.272 e. The van der Waals surface area contributed by atoms with Crippen molar-refractivity contribution in [3.05, 3.63) is 48.4 Å². The fraction of sp³-hybridized carbons (Fsp3) is 0.353. The van der Waals surface area contributed by atoms with Gasteiger partial charge in [0, 0.05) is 37.4 Å². The van der Waals surface area contributed by atoms with Gasteiger partial charge in [0.05, 0.1) is 6.10 Å². The third-order valence-corrected chi connectivity index (χ3v) is 4.18. The molecule has 0 spiro atoms. The molecule has 1 aliphatic rings. The first-order chi connectivity index (χ1) is 11.7. The zero-order chi connectivity index (χ0) is 16.9. The first kappa shape index (κ1) is 16.4. The number of aliphatic hydroxyl groups excluding tert-OH is 2. The second kappa shape index (κ2) is 7.37. The minimum absolute atomic E-state index is 0.0676. The Balaban J connectivity index is 1.70. The van der Waals surface area contributed by atoms with Crippen molar-refractivity contribution in [1.29, 1.82) is 0 Å². The number of benzene rings is 1. The fourth-order valence-corrected chi connectivity index (χ4v) is 2.75. The van der Waals surface area contributed by atoms with Crippen molar-refractivity contribution in [1.82, 2.24) is 14.9 Å². The summed E-state index contributed by atoms with van der Waals surface area (Å²) in [6, 6.07) is 11.1. The van der Waals surface area contributed by atoms with Gasteiger partial charge in [0.1, 0.15) is 17.8 Å². The van der Waals surface area contributed by atoms with E-state index in [4.69, 9.17) is 0 Å². The van der Waals surface area contributed by atoms with Crippen LogP contribution in [0.25, 0.3) is 0 Å². The number of rotatable bonds is 4. The van der Waals surface area contributed by atoms with Crippen LogP contribution < -0.4 is 5.32 Å². The van der Waals surface area contributed by atoms with E-state index in [1.165, 1.54) is 6.33 Å². The highest BCUT2D eigenvalue weighted by Crippen LogP contribution is 2.20. The van der Waals surface area contributed by atoms with E-state index in [1.807, 2.05) is 30.3 Å². The molecule has 0 saturated carbocycles. The van der Waals surface area contributed by atoms with Gasteiger partial charge < -0.3 is 20.4 Å². The summed E-state index contributed by atoms with van der Waals surface area (Å²) in [5, 5.41) is 22.3. The molecule has 1 aromatic heterocycles. The Labute approximate surface area is 140 Å². The molecule has 1 aromatic carbocycles. The van der Waals surface area contributed by atoms with Gasteiger partial charge in [0.2, 0.25) is 0 Å². The van der Waals surface area contributed by atoms with Crippen molar-refractivity contribution >= 4 is 17.4 Å². The number of para-hydroxylation sites is 1. The van der Waals surface area contributed by atoms with E-state index in [1.54, 1.807) is 11.0 Å². The lowest BCUT2D eigenvalue weighted by Gasteiger charge is -2.34. The monoisotopic (exact) mass is 328 g/mol. The molecular weight excluding hydrogens is 308 g/mol. The minimum Gasteiger partial charge on any atom is -0.396 e. The topological polar surface area (TPSA) is 98.6 Å². The van der Waals surface area contributed by atoms with Crippen LogP contribution in [-0.2, 0) is 0 Å². The van der Waals surface area contributed by atoms with E-state index in [0.717, 1.165) is 5.69 Å². The van der Waals surface area contributed by atoms with Crippen molar-refractivity contribution < 1.29 is 15.0 Å². The molecular formula is C17H20N4O3. The summed E-state index contributed by atoms with van der Waals surface area (Å²) in [7, 11) is 0. The van der Waals surface area contributed by atoms with Gasteiger partial charge in [-0.15, -0.1) is 0 Å². The summed E-state index contributed by atoms with van der Waals surface area (Å²) >= 11 is 0. The van der Waals surface area contributed by atoms with Gasteiger partial charge in [-0.05, 0) is 18.6 Å². The van der Waals surface area contributed by atoms with E-state index in [9.17, 15) is 15.0 Å². The van der Waals surface area contributed by atoms with Crippen LogP contribution in [0.15, 0.2) is 42.7 Å². The standard InChI is InChI=1S/C17H20N4O3/c22-10-12-6-7-21(9-15(12)23)17(24)14-8-16(19-11-18-14)20-13-4-2-1-3-5-13/h1-5,8,11-12,15,22-23H,6-7,9-10H2,(H,18,19,20). The summed E-state index contributed by atoms with van der Waals surface area (Å²) in [5.74, 6) is 0.115. The van der Waals surface area contributed by atoms with Crippen LogP contribution in [0.4, 0.5) is 11.5 Å². The molecule has 3 rings (SSSR count). The number of nitrogens with zero attached hydrogens (tertiary/aromatic N) is 3. The quantitative estimate of drug-likeness (QED) is 0.775. The number of piperidine rings is 1. The number of carbonyl (C=O) groups excluding carboxylic acids is 1. The van der Waals surface area contributed by atoms with E-state index in [-0.39, 0.29) is 30.7 Å². The average molecular weight is 328 g/mol. The number of β-amino-alcohol motifs (C(OH)–C–C–N with tert-alkyl or cyclic N) is 1. The lowest BCUT2D eigenvalue weighted by molar-refractivity contribution is 0.000657. The summed E-state index contributed by atoms with van der Waals surface area (Å²) in [4.78, 5) is 22.3. The summed E-state index contributed by atoms with van der Waals surface area (Å²) < 4.78 is 0. The normalized spacial score (nSPS) is 20.7. The molecule has 0 aliphatic carbocycles. The summed E-state index contributed by atoms with van der Waals surface area (Å²) in [6.07, 6.45) is 1.20. The van der Waals surface area contributed by atoms with Crippen LogP contribution in [0.1, 0.15) is 16.9 Å². The molecule has 1 aliphatic heterocycles. The molecule has 1 saturated heterocycles. The Hall–Kier alpha value is -2.51. The first-order valence-corrected chi connectivity index (χ1v) is 7.89. The molecule has 3 N–H and O–H groups in total. The van der Waals surface area contributed by atoms with Crippen molar-refractivity contribution in [3.8, 4) is 0 Å². The van der Waals surface area contributed by atoms with Gasteiger partial charge in [-0.2, -0.15) is 0 Å². The maximum Gasteiger partial charge on any atom is 0.272 e. The Morgan fingerprint density at radius 2 is 2.08 bits per heavy atom. The zero-order valence-electron chi connectivity index (χ0n) is 13.2. The maximum absolute atomic E-state index is 12.6. The van der Waals surface area contributed by atoms with E-state index in [2.05, 4.69) is 15.3 Å². The Kier molecular flexibility index (Phi) is 5.02. The van der Waals surface area contributed by atoms with Gasteiger partial charge in [0.15, 0.2) is 0 Å². The van der Waals surface area contributed by atoms with Crippen LogP contribution in [0.5, 0.6) is 0 Å². The minimum atomic E-state index is -0.712. The maximum atomic E-state index is 12.6.